The van der Waals surface area contributed by atoms with Gasteiger partial charge < -0.3 is 0 Å². The van der Waals surface area contributed by atoms with Gasteiger partial charge in [-0.15, -0.1) is 0 Å². The lowest BCUT2D eigenvalue weighted by atomic mass is 10.2. The molecule has 0 aromatic carbocycles. The maximum absolute atomic E-state index is 4.46. The van der Waals surface area contributed by atoms with E-state index in [9.17, 15) is 0 Å². The smallest absolute Gasteiger partial charge is 0.181 e. The highest BCUT2D eigenvalue weighted by Gasteiger charge is 1.99. The Hall–Kier alpha value is -1.58. The van der Waals surface area contributed by atoms with E-state index in [0.717, 1.165) is 17.6 Å². The van der Waals surface area contributed by atoms with Gasteiger partial charge in [-0.3, -0.25) is 0 Å². The lowest BCUT2D eigenvalue weighted by Crippen LogP contribution is -1.95. The molecule has 2 aromatic heterocycles. The number of hydrogen-bond acceptors (Lipinski definition) is 4. The van der Waals surface area contributed by atoms with Crippen LogP contribution in [0.2, 0.25) is 0 Å². The molecule has 0 aliphatic heterocycles. The van der Waals surface area contributed by atoms with Crippen molar-refractivity contribution in [1.82, 2.24) is 19.9 Å². The molecule has 0 fully saturated rings. The summed E-state index contributed by atoms with van der Waals surface area (Å²) in [5, 5.41) is 0. The van der Waals surface area contributed by atoms with E-state index in [2.05, 4.69) is 26.9 Å². The van der Waals surface area contributed by atoms with E-state index in [1.54, 1.807) is 6.20 Å². The fourth-order valence-corrected chi connectivity index (χ4v) is 1.49. The summed E-state index contributed by atoms with van der Waals surface area (Å²) in [4.78, 5) is 16.7. The maximum atomic E-state index is 4.46. The van der Waals surface area contributed by atoms with E-state index in [0.29, 0.717) is 5.65 Å². The Bertz CT molecular complexity index is 441. The molecule has 0 amide bonds. The minimum Gasteiger partial charge on any atom is -0.246 e. The monoisotopic (exact) mass is 202 g/mol. The van der Waals surface area contributed by atoms with Gasteiger partial charge in [-0.1, -0.05) is 19.8 Å². The number of unbranched alkanes of at least 4 members (excludes halogenated alkanes) is 2. The normalized spacial score (nSPS) is 10.7. The molecule has 0 spiro atoms. The zero-order valence-corrected chi connectivity index (χ0v) is 8.85. The number of aromatic nitrogens is 4. The molecule has 0 aliphatic rings. The van der Waals surface area contributed by atoms with Gasteiger partial charge in [-0.05, 0) is 12.8 Å². The minimum atomic E-state index is 0.671. The van der Waals surface area contributed by atoms with Crippen molar-refractivity contribution in [3.63, 3.8) is 0 Å². The third-order valence-corrected chi connectivity index (χ3v) is 2.31. The van der Waals surface area contributed by atoms with Crippen LogP contribution >= 0.6 is 0 Å². The van der Waals surface area contributed by atoms with Gasteiger partial charge in [-0.25, -0.2) is 19.9 Å². The van der Waals surface area contributed by atoms with Crippen LogP contribution in [0.3, 0.4) is 0 Å². The van der Waals surface area contributed by atoms with Crippen molar-refractivity contribution in [3.8, 4) is 0 Å². The molecular weight excluding hydrogens is 188 g/mol. The zero-order chi connectivity index (χ0) is 10.5. The number of rotatable bonds is 4. The summed E-state index contributed by atoms with van der Waals surface area (Å²) in [6, 6.07) is 0. The van der Waals surface area contributed by atoms with Gasteiger partial charge in [0.25, 0.3) is 0 Å². The molecule has 0 aliphatic carbocycles. The number of nitrogens with zero attached hydrogens (tertiary/aromatic N) is 4. The van der Waals surface area contributed by atoms with Crippen molar-refractivity contribution in [3.05, 3.63) is 24.4 Å². The van der Waals surface area contributed by atoms with Crippen molar-refractivity contribution >= 4 is 11.2 Å². The molecule has 0 atom stereocenters. The van der Waals surface area contributed by atoms with Crippen molar-refractivity contribution < 1.29 is 0 Å². The van der Waals surface area contributed by atoms with Crippen LogP contribution in [0.15, 0.2) is 18.7 Å². The predicted octanol–water partition coefficient (Wildman–Crippen LogP) is 2.15. The molecule has 2 heterocycles. The van der Waals surface area contributed by atoms with Gasteiger partial charge >= 0.3 is 0 Å². The largest absolute Gasteiger partial charge is 0.246 e. The summed E-state index contributed by atoms with van der Waals surface area (Å²) in [5.41, 5.74) is 2.49. The van der Waals surface area contributed by atoms with Crippen LogP contribution in [0.4, 0.5) is 0 Å². The standard InChI is InChI=1S/C11H14N4/c1-2-3-4-5-9-6-13-11-10(15-9)7-12-8-14-11/h6-8H,2-5H2,1H3. The summed E-state index contributed by atoms with van der Waals surface area (Å²) < 4.78 is 0. The van der Waals surface area contributed by atoms with Crippen LogP contribution in [-0.4, -0.2) is 19.9 Å². The average molecular weight is 202 g/mol. The van der Waals surface area contributed by atoms with Crippen molar-refractivity contribution in [2.24, 2.45) is 0 Å². The molecule has 4 nitrogen and oxygen atoms in total. The van der Waals surface area contributed by atoms with E-state index in [1.807, 2.05) is 6.20 Å². The van der Waals surface area contributed by atoms with Crippen LogP contribution in [0.1, 0.15) is 31.9 Å². The Morgan fingerprint density at radius 1 is 1.13 bits per heavy atom. The number of hydrogen-bond donors (Lipinski definition) is 0. The first-order chi connectivity index (χ1) is 7.40. The highest BCUT2D eigenvalue weighted by Crippen LogP contribution is 2.07. The van der Waals surface area contributed by atoms with E-state index in [-0.39, 0.29) is 0 Å². The van der Waals surface area contributed by atoms with Gasteiger partial charge in [0.15, 0.2) is 5.65 Å². The molecule has 2 rings (SSSR count). The third-order valence-electron chi connectivity index (χ3n) is 2.31. The Kier molecular flexibility index (Phi) is 3.17. The molecule has 0 saturated carbocycles. The third kappa shape index (κ3) is 2.46. The fraction of sp³-hybridized carbons (Fsp3) is 0.455. The molecule has 0 N–H and O–H groups in total. The molecule has 0 radical (unpaired) electrons. The van der Waals surface area contributed by atoms with Crippen molar-refractivity contribution in [2.75, 3.05) is 0 Å². The van der Waals surface area contributed by atoms with Gasteiger partial charge in [0.1, 0.15) is 11.8 Å². The fourth-order valence-electron chi connectivity index (χ4n) is 1.49. The van der Waals surface area contributed by atoms with E-state index >= 15 is 0 Å². The van der Waals surface area contributed by atoms with Crippen LogP contribution in [0, 0.1) is 0 Å². The lowest BCUT2D eigenvalue weighted by molar-refractivity contribution is 0.707. The van der Waals surface area contributed by atoms with E-state index < -0.39 is 0 Å². The van der Waals surface area contributed by atoms with Crippen molar-refractivity contribution in [2.45, 2.75) is 32.6 Å². The Morgan fingerprint density at radius 3 is 2.93 bits per heavy atom. The minimum absolute atomic E-state index is 0.671. The van der Waals surface area contributed by atoms with Gasteiger partial charge in [0, 0.05) is 0 Å². The quantitative estimate of drug-likeness (QED) is 0.713. The van der Waals surface area contributed by atoms with Gasteiger partial charge in [0.05, 0.1) is 18.1 Å². The van der Waals surface area contributed by atoms with Gasteiger partial charge in [-0.2, -0.15) is 0 Å². The number of aryl methyl sites for hydroxylation is 1. The van der Waals surface area contributed by atoms with E-state index in [4.69, 9.17) is 0 Å². The molecule has 78 valence electrons. The second kappa shape index (κ2) is 4.77. The summed E-state index contributed by atoms with van der Waals surface area (Å²) in [6.45, 7) is 2.19. The topological polar surface area (TPSA) is 51.6 Å². The predicted molar refractivity (Wildman–Crippen MR) is 58.4 cm³/mol. The maximum Gasteiger partial charge on any atom is 0.181 e. The van der Waals surface area contributed by atoms with E-state index in [1.165, 1.54) is 25.6 Å². The second-order valence-electron chi connectivity index (χ2n) is 3.55. The Balaban J connectivity index is 2.16. The number of fused-ring (bicyclic) bond motifs is 1. The SMILES string of the molecule is CCCCCc1cnc2ncncc2n1. The second-order valence-corrected chi connectivity index (χ2v) is 3.55. The Morgan fingerprint density at radius 2 is 2.07 bits per heavy atom. The molecule has 2 aromatic rings. The molecule has 4 heteroatoms. The summed E-state index contributed by atoms with van der Waals surface area (Å²) in [7, 11) is 0. The van der Waals surface area contributed by atoms with Crippen LogP contribution in [-0.2, 0) is 6.42 Å². The zero-order valence-electron chi connectivity index (χ0n) is 8.85. The first kappa shape index (κ1) is 9.96. The summed E-state index contributed by atoms with van der Waals surface area (Å²) in [5.74, 6) is 0. The van der Waals surface area contributed by atoms with Crippen molar-refractivity contribution in [1.29, 1.82) is 0 Å². The first-order valence-electron chi connectivity index (χ1n) is 5.32. The molecule has 0 saturated heterocycles. The molecule has 0 unspecified atom stereocenters. The van der Waals surface area contributed by atoms with Crippen LogP contribution < -0.4 is 0 Å². The highest BCUT2D eigenvalue weighted by atomic mass is 14.9. The first-order valence-corrected chi connectivity index (χ1v) is 5.32. The lowest BCUT2D eigenvalue weighted by Gasteiger charge is -2.00. The summed E-state index contributed by atoms with van der Waals surface area (Å²) in [6.07, 6.45) is 9.64. The molecule has 0 bridgehead atoms. The van der Waals surface area contributed by atoms with Crippen LogP contribution in [0.5, 0.6) is 0 Å². The van der Waals surface area contributed by atoms with Crippen LogP contribution in [0.25, 0.3) is 11.2 Å². The average Bonchev–Trinajstić information content (AvgIpc) is 2.29. The Labute approximate surface area is 88.8 Å². The summed E-state index contributed by atoms with van der Waals surface area (Å²) >= 11 is 0. The van der Waals surface area contributed by atoms with Gasteiger partial charge in [0.2, 0.25) is 0 Å². The molecular formula is C11H14N4. The highest BCUT2D eigenvalue weighted by molar-refractivity contribution is 5.67. The molecule has 15 heavy (non-hydrogen) atoms.